The summed E-state index contributed by atoms with van der Waals surface area (Å²) in [6.07, 6.45) is 76.6. The molecule has 0 saturated heterocycles. The van der Waals surface area contributed by atoms with E-state index in [1.54, 1.807) is 0 Å². The zero-order chi connectivity index (χ0) is 54.3. The van der Waals surface area contributed by atoms with Gasteiger partial charge in [0.05, 0.1) is 0 Å². The molecule has 444 valence electrons. The van der Waals surface area contributed by atoms with E-state index in [1.807, 2.05) is 0 Å². The quantitative estimate of drug-likeness (QED) is 0.0261. The summed E-state index contributed by atoms with van der Waals surface area (Å²) in [4.78, 5) is 38.3. The highest BCUT2D eigenvalue weighted by molar-refractivity contribution is 5.71. The van der Waals surface area contributed by atoms with E-state index in [-0.39, 0.29) is 31.1 Å². The van der Waals surface area contributed by atoms with E-state index in [0.29, 0.717) is 19.3 Å². The molecule has 6 nitrogen and oxygen atoms in total. The van der Waals surface area contributed by atoms with Gasteiger partial charge in [-0.1, -0.05) is 341 Å². The van der Waals surface area contributed by atoms with Gasteiger partial charge in [0.25, 0.3) is 0 Å². The molecule has 1 atom stereocenters. The Bertz CT molecular complexity index is 1170. The molecule has 1 unspecified atom stereocenters. The smallest absolute Gasteiger partial charge is 0.306 e. The lowest BCUT2D eigenvalue weighted by Gasteiger charge is -2.18. The lowest BCUT2D eigenvalue weighted by atomic mass is 10.0. The molecule has 0 radical (unpaired) electrons. The van der Waals surface area contributed by atoms with Gasteiger partial charge >= 0.3 is 17.9 Å². The number of unbranched alkanes of at least 4 members (excludes halogenated alkanes) is 51. The van der Waals surface area contributed by atoms with E-state index >= 15 is 0 Å². The van der Waals surface area contributed by atoms with Gasteiger partial charge in [-0.25, -0.2) is 0 Å². The molecule has 0 aromatic rings. The van der Waals surface area contributed by atoms with Crippen LogP contribution in [0.3, 0.4) is 0 Å². The zero-order valence-electron chi connectivity index (χ0n) is 51.1. The van der Waals surface area contributed by atoms with E-state index < -0.39 is 6.10 Å². The van der Waals surface area contributed by atoms with E-state index in [2.05, 4.69) is 32.9 Å². The Morgan fingerprint density at radius 3 is 0.667 bits per heavy atom. The monoisotopic (exact) mass is 1060 g/mol. The van der Waals surface area contributed by atoms with Crippen molar-refractivity contribution in [2.75, 3.05) is 13.2 Å². The molecule has 0 amide bonds. The molecule has 0 saturated carbocycles. The predicted octanol–water partition coefficient (Wildman–Crippen LogP) is 23.2. The van der Waals surface area contributed by atoms with Gasteiger partial charge in [0.15, 0.2) is 6.10 Å². The Hall–Kier alpha value is -1.85. The van der Waals surface area contributed by atoms with E-state index in [0.717, 1.165) is 57.8 Å². The summed E-state index contributed by atoms with van der Waals surface area (Å²) in [5.41, 5.74) is 0. The largest absolute Gasteiger partial charge is 0.462 e. The minimum Gasteiger partial charge on any atom is -0.462 e. The second kappa shape index (κ2) is 64.7. The molecular formula is C69H132O6. The third kappa shape index (κ3) is 62.9. The maximum atomic E-state index is 12.9. The number of carbonyl (C=O) groups excluding carboxylic acids is 3. The highest BCUT2D eigenvalue weighted by Crippen LogP contribution is 2.19. The lowest BCUT2D eigenvalue weighted by molar-refractivity contribution is -0.167. The van der Waals surface area contributed by atoms with Gasteiger partial charge in [-0.15, -0.1) is 0 Å². The van der Waals surface area contributed by atoms with Crippen LogP contribution in [0.4, 0.5) is 0 Å². The summed E-state index contributed by atoms with van der Waals surface area (Å²) in [7, 11) is 0. The van der Waals surface area contributed by atoms with Crippen molar-refractivity contribution in [2.45, 2.75) is 399 Å². The third-order valence-corrected chi connectivity index (χ3v) is 15.8. The Balaban J connectivity index is 4.20. The van der Waals surface area contributed by atoms with E-state index in [1.165, 1.54) is 295 Å². The predicted molar refractivity (Wildman–Crippen MR) is 326 cm³/mol. The van der Waals surface area contributed by atoms with Gasteiger partial charge in [0.1, 0.15) is 13.2 Å². The third-order valence-electron chi connectivity index (χ3n) is 15.8. The van der Waals surface area contributed by atoms with Crippen molar-refractivity contribution in [1.82, 2.24) is 0 Å². The van der Waals surface area contributed by atoms with E-state index in [9.17, 15) is 14.4 Å². The van der Waals surface area contributed by atoms with Crippen LogP contribution in [0.5, 0.6) is 0 Å². The normalized spacial score (nSPS) is 12.0. The first kappa shape index (κ1) is 73.2. The zero-order valence-corrected chi connectivity index (χ0v) is 51.1. The van der Waals surface area contributed by atoms with Gasteiger partial charge in [-0.3, -0.25) is 14.4 Å². The molecule has 0 aliphatic rings. The molecule has 0 N–H and O–H groups in total. The average molecular weight is 1060 g/mol. The maximum Gasteiger partial charge on any atom is 0.306 e. The number of ether oxygens (including phenoxy) is 3. The van der Waals surface area contributed by atoms with Gasteiger partial charge in [-0.2, -0.15) is 0 Å². The molecule has 0 heterocycles. The van der Waals surface area contributed by atoms with Crippen molar-refractivity contribution >= 4 is 17.9 Å². The van der Waals surface area contributed by atoms with Crippen molar-refractivity contribution in [1.29, 1.82) is 0 Å². The molecule has 0 spiro atoms. The van der Waals surface area contributed by atoms with Gasteiger partial charge in [0, 0.05) is 19.3 Å². The minimum atomic E-state index is -0.767. The maximum absolute atomic E-state index is 12.9. The average Bonchev–Trinajstić information content (AvgIpc) is 3.41. The molecule has 0 aromatic heterocycles. The van der Waals surface area contributed by atoms with E-state index in [4.69, 9.17) is 14.2 Å². The number of rotatable bonds is 64. The SMILES string of the molecule is CCCCCCCCCC/C=C\CCCCCCCCCCCC(=O)OC(COC(=O)CCCCCCCCCCCCCC)COC(=O)CCCCCCCCCCCCCCCCCCCCCCCCCC. The molecule has 0 fully saturated rings. The Morgan fingerprint density at radius 2 is 0.440 bits per heavy atom. The Labute approximate surface area is 469 Å². The van der Waals surface area contributed by atoms with Crippen LogP contribution in [0.2, 0.25) is 0 Å². The number of allylic oxidation sites excluding steroid dienone is 2. The summed E-state index contributed by atoms with van der Waals surface area (Å²) >= 11 is 0. The van der Waals surface area contributed by atoms with Gasteiger partial charge in [-0.05, 0) is 44.9 Å². The number of esters is 3. The first-order valence-electron chi connectivity index (χ1n) is 34.2. The minimum absolute atomic E-state index is 0.0640. The van der Waals surface area contributed by atoms with Crippen LogP contribution in [0.25, 0.3) is 0 Å². The molecule has 0 aromatic carbocycles. The van der Waals surface area contributed by atoms with Crippen LogP contribution in [-0.4, -0.2) is 37.2 Å². The lowest BCUT2D eigenvalue weighted by Crippen LogP contribution is -2.30. The van der Waals surface area contributed by atoms with Crippen molar-refractivity contribution in [3.05, 3.63) is 12.2 Å². The number of hydrogen-bond donors (Lipinski definition) is 0. The van der Waals surface area contributed by atoms with Crippen molar-refractivity contribution in [3.63, 3.8) is 0 Å². The van der Waals surface area contributed by atoms with Crippen molar-refractivity contribution in [2.24, 2.45) is 0 Å². The topological polar surface area (TPSA) is 78.9 Å². The summed E-state index contributed by atoms with van der Waals surface area (Å²) in [6, 6.07) is 0. The molecule has 6 heteroatoms. The molecule has 75 heavy (non-hydrogen) atoms. The molecule has 0 bridgehead atoms. The fourth-order valence-corrected chi connectivity index (χ4v) is 10.6. The molecule has 0 aliphatic carbocycles. The van der Waals surface area contributed by atoms with Crippen LogP contribution in [0.1, 0.15) is 393 Å². The van der Waals surface area contributed by atoms with Crippen LogP contribution in [-0.2, 0) is 28.6 Å². The summed E-state index contributed by atoms with van der Waals surface area (Å²) in [6.45, 7) is 6.72. The van der Waals surface area contributed by atoms with Gasteiger partial charge < -0.3 is 14.2 Å². The van der Waals surface area contributed by atoms with Crippen LogP contribution >= 0.6 is 0 Å². The first-order chi connectivity index (χ1) is 37.0. The highest BCUT2D eigenvalue weighted by atomic mass is 16.6. The van der Waals surface area contributed by atoms with Crippen molar-refractivity contribution in [3.8, 4) is 0 Å². The Kier molecular flexibility index (Phi) is 63.1. The highest BCUT2D eigenvalue weighted by Gasteiger charge is 2.19. The summed E-state index contributed by atoms with van der Waals surface area (Å²) < 4.78 is 17.0. The summed E-state index contributed by atoms with van der Waals surface area (Å²) in [5.74, 6) is -0.834. The fourth-order valence-electron chi connectivity index (χ4n) is 10.6. The second-order valence-electron chi connectivity index (χ2n) is 23.5. The fraction of sp³-hybridized carbons (Fsp3) is 0.928. The van der Waals surface area contributed by atoms with Crippen LogP contribution in [0, 0.1) is 0 Å². The second-order valence-corrected chi connectivity index (χ2v) is 23.5. The molecular weight excluding hydrogens is 925 g/mol. The summed E-state index contributed by atoms with van der Waals surface area (Å²) in [5, 5.41) is 0. The standard InChI is InChI=1S/C69H132O6/c1-4-7-10-13-16-19-22-25-27-29-31-33-34-35-37-38-40-42-44-47-50-53-56-59-62-68(71)74-65-66(64-73-67(70)61-58-55-52-49-46-24-21-18-15-12-9-6-3)75-69(72)63-60-57-54-51-48-45-43-41-39-36-32-30-28-26-23-20-17-14-11-8-5-2/h30,32,66H,4-29,31,33-65H2,1-3H3/b32-30-. The molecule has 0 aliphatic heterocycles. The Morgan fingerprint density at radius 1 is 0.253 bits per heavy atom. The molecule has 0 rings (SSSR count). The number of hydrogen-bond acceptors (Lipinski definition) is 6. The first-order valence-corrected chi connectivity index (χ1v) is 34.2. The van der Waals surface area contributed by atoms with Gasteiger partial charge in [0.2, 0.25) is 0 Å². The van der Waals surface area contributed by atoms with Crippen LogP contribution in [0.15, 0.2) is 12.2 Å². The number of carbonyl (C=O) groups is 3. The van der Waals surface area contributed by atoms with Crippen LogP contribution < -0.4 is 0 Å². The van der Waals surface area contributed by atoms with Crippen molar-refractivity contribution < 1.29 is 28.6 Å².